The summed E-state index contributed by atoms with van der Waals surface area (Å²) in [6, 6.07) is 2.11. The molecule has 0 bridgehead atoms. The number of hydrogen-bond donors (Lipinski definition) is 0. The molecule has 1 saturated heterocycles. The maximum Gasteiger partial charge on any atom is 0.328 e. The molecule has 0 saturated carbocycles. The minimum Gasteiger partial charge on any atom is -0.464 e. The maximum absolute atomic E-state index is 14.0. The first-order chi connectivity index (χ1) is 11.0. The molecule has 0 aromatic heterocycles. The molecule has 23 heavy (non-hydrogen) atoms. The van der Waals surface area contributed by atoms with Gasteiger partial charge in [-0.15, -0.1) is 0 Å². The summed E-state index contributed by atoms with van der Waals surface area (Å²) in [7, 11) is 0. The van der Waals surface area contributed by atoms with Gasteiger partial charge in [-0.3, -0.25) is 14.9 Å². The van der Waals surface area contributed by atoms with Crippen LogP contribution in [0.4, 0.5) is 10.1 Å². The summed E-state index contributed by atoms with van der Waals surface area (Å²) >= 11 is 0. The zero-order valence-electron chi connectivity index (χ0n) is 12.7. The van der Waals surface area contributed by atoms with Crippen LogP contribution in [0.2, 0.25) is 0 Å². The van der Waals surface area contributed by atoms with Gasteiger partial charge >= 0.3 is 5.97 Å². The van der Waals surface area contributed by atoms with Crippen LogP contribution in [0.25, 0.3) is 0 Å². The third-order valence-electron chi connectivity index (χ3n) is 3.72. The molecule has 0 spiro atoms. The second-order valence-electron chi connectivity index (χ2n) is 5.18. The van der Waals surface area contributed by atoms with Crippen LogP contribution in [-0.2, 0) is 9.53 Å². The monoisotopic (exact) mass is 324 g/mol. The van der Waals surface area contributed by atoms with Crippen LogP contribution in [-0.4, -0.2) is 40.9 Å². The van der Waals surface area contributed by atoms with Crippen LogP contribution >= 0.6 is 0 Å². The number of esters is 1. The van der Waals surface area contributed by atoms with Crippen molar-refractivity contribution in [2.45, 2.75) is 32.2 Å². The smallest absolute Gasteiger partial charge is 0.328 e. The fraction of sp³-hybridized carbons (Fsp3) is 0.467. The van der Waals surface area contributed by atoms with Crippen molar-refractivity contribution in [3.63, 3.8) is 0 Å². The highest BCUT2D eigenvalue weighted by Gasteiger charge is 2.34. The number of nitro benzene ring substituents is 1. The molecule has 0 aliphatic carbocycles. The van der Waals surface area contributed by atoms with E-state index >= 15 is 0 Å². The molecule has 1 fully saturated rings. The molecule has 1 aliphatic heterocycles. The highest BCUT2D eigenvalue weighted by atomic mass is 19.1. The average Bonchev–Trinajstić information content (AvgIpc) is 2.54. The fourth-order valence-corrected chi connectivity index (χ4v) is 2.60. The normalized spacial score (nSPS) is 17.7. The number of hydrogen-bond acceptors (Lipinski definition) is 5. The van der Waals surface area contributed by atoms with E-state index in [1.807, 2.05) is 0 Å². The van der Waals surface area contributed by atoms with Gasteiger partial charge in [0, 0.05) is 12.6 Å². The lowest BCUT2D eigenvalue weighted by atomic mass is 10.0. The zero-order chi connectivity index (χ0) is 17.0. The van der Waals surface area contributed by atoms with E-state index in [-0.39, 0.29) is 12.2 Å². The number of carbonyl (C=O) groups excluding carboxylic acids is 2. The summed E-state index contributed by atoms with van der Waals surface area (Å²) in [4.78, 5) is 35.7. The van der Waals surface area contributed by atoms with Crippen LogP contribution in [0.15, 0.2) is 18.2 Å². The largest absolute Gasteiger partial charge is 0.464 e. The Bertz CT molecular complexity index is 634. The van der Waals surface area contributed by atoms with Crippen LogP contribution in [0, 0.1) is 15.9 Å². The lowest BCUT2D eigenvalue weighted by Crippen LogP contribution is -2.48. The third-order valence-corrected chi connectivity index (χ3v) is 3.72. The summed E-state index contributed by atoms with van der Waals surface area (Å²) < 4.78 is 19.0. The molecule has 1 aliphatic rings. The first kappa shape index (κ1) is 16.9. The van der Waals surface area contributed by atoms with Crippen LogP contribution in [0.5, 0.6) is 0 Å². The number of likely N-dealkylation sites (tertiary alicyclic amines) is 1. The summed E-state index contributed by atoms with van der Waals surface area (Å²) in [6.45, 7) is 2.19. The number of carbonyl (C=O) groups is 2. The second kappa shape index (κ2) is 7.17. The number of halogens is 1. The molecule has 0 N–H and O–H groups in total. The van der Waals surface area contributed by atoms with Gasteiger partial charge in [0.2, 0.25) is 0 Å². The van der Waals surface area contributed by atoms with Crippen LogP contribution in [0.1, 0.15) is 36.5 Å². The Kier molecular flexibility index (Phi) is 5.25. The van der Waals surface area contributed by atoms with E-state index in [9.17, 15) is 24.1 Å². The predicted molar refractivity (Wildman–Crippen MR) is 78.4 cm³/mol. The van der Waals surface area contributed by atoms with Crippen molar-refractivity contribution in [1.29, 1.82) is 0 Å². The van der Waals surface area contributed by atoms with Crippen LogP contribution < -0.4 is 0 Å². The lowest BCUT2D eigenvalue weighted by molar-refractivity contribution is -0.385. The van der Waals surface area contributed by atoms with Crippen LogP contribution in [0.3, 0.4) is 0 Å². The van der Waals surface area contributed by atoms with E-state index in [1.165, 1.54) is 4.90 Å². The Hall–Kier alpha value is -2.51. The molecule has 1 heterocycles. The summed E-state index contributed by atoms with van der Waals surface area (Å²) in [5.74, 6) is -2.14. The van der Waals surface area contributed by atoms with Gasteiger partial charge in [-0.2, -0.15) is 0 Å². The Balaban J connectivity index is 2.26. The molecular weight excluding hydrogens is 307 g/mol. The van der Waals surface area contributed by atoms with Gasteiger partial charge in [0.25, 0.3) is 11.6 Å². The first-order valence-electron chi connectivity index (χ1n) is 7.37. The molecule has 1 atom stereocenters. The number of amides is 1. The van der Waals surface area contributed by atoms with Gasteiger partial charge in [0.15, 0.2) is 0 Å². The quantitative estimate of drug-likeness (QED) is 0.481. The standard InChI is InChI=1S/C15H17FN2O5/c1-2-23-15(20)13-5-3-4-8-17(13)14(19)11-7-6-10(18(21)22)9-12(11)16/h6-7,9,13H,2-5,8H2,1H3/t13-/m1/s1. The van der Waals surface area contributed by atoms with Gasteiger partial charge in [-0.1, -0.05) is 0 Å². The topological polar surface area (TPSA) is 89.8 Å². The molecule has 124 valence electrons. The molecule has 1 amide bonds. The van der Waals surface area contributed by atoms with E-state index < -0.39 is 34.3 Å². The predicted octanol–water partition coefficient (Wildman–Crippen LogP) is 2.29. The van der Waals surface area contributed by atoms with Gasteiger partial charge in [-0.25, -0.2) is 9.18 Å². The number of nitrogens with zero attached hydrogens (tertiary/aromatic N) is 2. The highest BCUT2D eigenvalue weighted by Crippen LogP contribution is 2.23. The Labute approximate surface area is 132 Å². The molecule has 7 nitrogen and oxygen atoms in total. The number of non-ortho nitro benzene ring substituents is 1. The van der Waals surface area contributed by atoms with Crippen molar-refractivity contribution in [2.75, 3.05) is 13.2 Å². The Morgan fingerprint density at radius 3 is 2.78 bits per heavy atom. The van der Waals surface area contributed by atoms with E-state index in [0.29, 0.717) is 25.5 Å². The first-order valence-corrected chi connectivity index (χ1v) is 7.37. The van der Waals surface area contributed by atoms with Gasteiger partial charge < -0.3 is 9.64 Å². The minimum absolute atomic E-state index is 0.198. The van der Waals surface area contributed by atoms with E-state index in [2.05, 4.69) is 0 Å². The van der Waals surface area contributed by atoms with E-state index in [0.717, 1.165) is 18.6 Å². The minimum atomic E-state index is -0.975. The van der Waals surface area contributed by atoms with Crippen molar-refractivity contribution in [3.8, 4) is 0 Å². The number of rotatable bonds is 4. The van der Waals surface area contributed by atoms with Crippen molar-refractivity contribution in [1.82, 2.24) is 4.90 Å². The summed E-state index contributed by atoms with van der Waals surface area (Å²) in [6.07, 6.45) is 1.94. The second-order valence-corrected chi connectivity index (χ2v) is 5.18. The summed E-state index contributed by atoms with van der Waals surface area (Å²) in [5.41, 5.74) is -0.716. The molecule has 0 radical (unpaired) electrons. The number of benzene rings is 1. The average molecular weight is 324 g/mol. The lowest BCUT2D eigenvalue weighted by Gasteiger charge is -2.34. The molecule has 1 aromatic carbocycles. The fourth-order valence-electron chi connectivity index (χ4n) is 2.60. The SMILES string of the molecule is CCOC(=O)[C@H]1CCCCN1C(=O)c1ccc([N+](=O)[O-])cc1F. The van der Waals surface area contributed by atoms with E-state index in [4.69, 9.17) is 4.74 Å². The molecule has 2 rings (SSSR count). The molecular formula is C15H17FN2O5. The van der Waals surface area contributed by atoms with Crippen molar-refractivity contribution >= 4 is 17.6 Å². The zero-order valence-corrected chi connectivity index (χ0v) is 12.7. The van der Waals surface area contributed by atoms with Crippen molar-refractivity contribution < 1.29 is 23.6 Å². The molecule has 0 unspecified atom stereocenters. The third kappa shape index (κ3) is 3.64. The Morgan fingerprint density at radius 1 is 1.43 bits per heavy atom. The maximum atomic E-state index is 14.0. The van der Waals surface area contributed by atoms with Crippen molar-refractivity contribution in [3.05, 3.63) is 39.7 Å². The molecule has 8 heteroatoms. The Morgan fingerprint density at radius 2 is 2.17 bits per heavy atom. The molecule has 1 aromatic rings. The van der Waals surface area contributed by atoms with Crippen molar-refractivity contribution in [2.24, 2.45) is 0 Å². The number of ether oxygens (including phenoxy) is 1. The number of piperidine rings is 1. The number of nitro groups is 1. The van der Waals surface area contributed by atoms with Gasteiger partial charge in [-0.05, 0) is 32.3 Å². The summed E-state index contributed by atoms with van der Waals surface area (Å²) in [5, 5.41) is 10.6. The van der Waals surface area contributed by atoms with Gasteiger partial charge in [0.1, 0.15) is 11.9 Å². The highest BCUT2D eigenvalue weighted by molar-refractivity contribution is 5.97. The van der Waals surface area contributed by atoms with E-state index in [1.54, 1.807) is 6.92 Å². The van der Waals surface area contributed by atoms with Gasteiger partial charge in [0.05, 0.1) is 23.2 Å².